The first-order valence-electron chi connectivity index (χ1n) is 8.55. The summed E-state index contributed by atoms with van der Waals surface area (Å²) in [6.45, 7) is 0.920. The van der Waals surface area contributed by atoms with Gasteiger partial charge in [-0.15, -0.1) is 0 Å². The smallest absolute Gasteiger partial charge is 0.302 e. The molecule has 146 valence electrons. The maximum absolute atomic E-state index is 11.1. The normalized spacial score (nSPS) is 39.5. The Balaban J connectivity index is 1.76. The highest BCUT2D eigenvalue weighted by atomic mass is 16.8. The van der Waals surface area contributed by atoms with Gasteiger partial charge in [0.05, 0.1) is 12.9 Å². The first-order chi connectivity index (χ1) is 12.4. The number of fused-ring (bicyclic) bond motifs is 1. The number of rotatable bonds is 5. The van der Waals surface area contributed by atoms with E-state index >= 15 is 0 Å². The van der Waals surface area contributed by atoms with E-state index in [9.17, 15) is 25.2 Å². The molecule has 0 saturated carbocycles. The van der Waals surface area contributed by atoms with Crippen molar-refractivity contribution < 1.29 is 44.2 Å². The molecule has 0 unspecified atom stereocenters. The SMILES string of the molecule is CC(=O)OCC1=C2[C@H](O[C@@H]3O[C@H](CO)[C@@H](O)[C@H](O)[C@H]3O)OC=C[C@H]2CC1. The summed E-state index contributed by atoms with van der Waals surface area (Å²) >= 11 is 0. The summed E-state index contributed by atoms with van der Waals surface area (Å²) < 4.78 is 21.7. The van der Waals surface area contributed by atoms with Crippen LogP contribution >= 0.6 is 0 Å². The highest BCUT2D eigenvalue weighted by molar-refractivity contribution is 5.66. The summed E-state index contributed by atoms with van der Waals surface area (Å²) in [5.41, 5.74) is 1.68. The van der Waals surface area contributed by atoms with Crippen LogP contribution in [-0.4, -0.2) is 76.6 Å². The topological polar surface area (TPSA) is 135 Å². The van der Waals surface area contributed by atoms with Crippen LogP contribution in [0.2, 0.25) is 0 Å². The monoisotopic (exact) mass is 372 g/mol. The molecule has 2 heterocycles. The van der Waals surface area contributed by atoms with Gasteiger partial charge in [-0.05, 0) is 24.5 Å². The van der Waals surface area contributed by atoms with Crippen molar-refractivity contribution >= 4 is 5.97 Å². The number of carbonyl (C=O) groups excluding carboxylic acids is 1. The molecule has 3 rings (SSSR count). The van der Waals surface area contributed by atoms with Crippen molar-refractivity contribution in [2.75, 3.05) is 13.2 Å². The number of allylic oxidation sites excluding steroid dienone is 1. The zero-order chi connectivity index (χ0) is 18.8. The first kappa shape index (κ1) is 19.3. The van der Waals surface area contributed by atoms with E-state index in [4.69, 9.17) is 18.9 Å². The highest BCUT2D eigenvalue weighted by Crippen LogP contribution is 2.40. The van der Waals surface area contributed by atoms with Gasteiger partial charge < -0.3 is 39.4 Å². The summed E-state index contributed by atoms with van der Waals surface area (Å²) in [5, 5.41) is 39.1. The van der Waals surface area contributed by atoms with Crippen LogP contribution in [0.25, 0.3) is 0 Å². The third-order valence-electron chi connectivity index (χ3n) is 4.89. The lowest BCUT2D eigenvalue weighted by Gasteiger charge is -2.41. The van der Waals surface area contributed by atoms with Crippen LogP contribution in [0.1, 0.15) is 19.8 Å². The van der Waals surface area contributed by atoms with Gasteiger partial charge in [-0.1, -0.05) is 0 Å². The average Bonchev–Trinajstić information content (AvgIpc) is 3.04. The van der Waals surface area contributed by atoms with Crippen LogP contribution in [-0.2, 0) is 23.7 Å². The Kier molecular flexibility index (Phi) is 5.96. The quantitative estimate of drug-likeness (QED) is 0.352. The molecule has 1 aliphatic carbocycles. The van der Waals surface area contributed by atoms with Crippen molar-refractivity contribution in [3.05, 3.63) is 23.5 Å². The molecule has 0 aromatic heterocycles. The van der Waals surface area contributed by atoms with E-state index in [1.54, 1.807) is 0 Å². The van der Waals surface area contributed by atoms with Crippen LogP contribution in [0.15, 0.2) is 23.5 Å². The third-order valence-corrected chi connectivity index (χ3v) is 4.89. The van der Waals surface area contributed by atoms with E-state index in [2.05, 4.69) is 0 Å². The van der Waals surface area contributed by atoms with Gasteiger partial charge in [-0.3, -0.25) is 4.79 Å². The molecule has 26 heavy (non-hydrogen) atoms. The van der Waals surface area contributed by atoms with Gasteiger partial charge in [0.2, 0.25) is 6.29 Å². The average molecular weight is 372 g/mol. The van der Waals surface area contributed by atoms with Crippen molar-refractivity contribution in [1.29, 1.82) is 0 Å². The second kappa shape index (κ2) is 8.03. The number of ether oxygens (including phenoxy) is 4. The molecule has 0 bridgehead atoms. The maximum atomic E-state index is 11.1. The van der Waals surface area contributed by atoms with Crippen molar-refractivity contribution in [2.24, 2.45) is 5.92 Å². The molecule has 2 aliphatic heterocycles. The second-order valence-corrected chi connectivity index (χ2v) is 6.61. The fourth-order valence-corrected chi connectivity index (χ4v) is 3.47. The standard InChI is InChI=1S/C17H24O9/c1-8(19)24-7-10-3-2-9-4-5-23-16(12(9)10)26-17-15(22)14(21)13(20)11(6-18)25-17/h4-5,9,11,13-18,20-22H,2-3,6-7H2,1H3/t9-,11-,13-,14+,15-,16+,17+/m1/s1. The van der Waals surface area contributed by atoms with Crippen molar-refractivity contribution in [3.8, 4) is 0 Å². The predicted molar refractivity (Wildman–Crippen MR) is 85.2 cm³/mol. The number of carbonyl (C=O) groups is 1. The first-order valence-corrected chi connectivity index (χ1v) is 8.55. The largest absolute Gasteiger partial charge is 0.469 e. The van der Waals surface area contributed by atoms with Gasteiger partial charge in [0, 0.05) is 18.4 Å². The number of hydrogen-bond acceptors (Lipinski definition) is 9. The summed E-state index contributed by atoms with van der Waals surface area (Å²) in [4.78, 5) is 11.1. The Labute approximate surface area is 150 Å². The Hall–Kier alpha value is -1.49. The molecule has 0 aromatic carbocycles. The van der Waals surface area contributed by atoms with Crippen molar-refractivity contribution in [2.45, 2.75) is 56.8 Å². The molecule has 1 saturated heterocycles. The van der Waals surface area contributed by atoms with Crippen LogP contribution in [0.3, 0.4) is 0 Å². The van der Waals surface area contributed by atoms with Gasteiger partial charge in [-0.25, -0.2) is 0 Å². The van der Waals surface area contributed by atoms with Crippen LogP contribution in [0.5, 0.6) is 0 Å². The zero-order valence-electron chi connectivity index (χ0n) is 14.4. The van der Waals surface area contributed by atoms with Gasteiger partial charge in [0.15, 0.2) is 6.29 Å². The Morgan fingerprint density at radius 2 is 2.04 bits per heavy atom. The lowest BCUT2D eigenvalue weighted by molar-refractivity contribution is -0.327. The summed E-state index contributed by atoms with van der Waals surface area (Å²) in [6, 6.07) is 0. The lowest BCUT2D eigenvalue weighted by Crippen LogP contribution is -2.59. The third kappa shape index (κ3) is 3.78. The Morgan fingerprint density at radius 1 is 1.27 bits per heavy atom. The van der Waals surface area contributed by atoms with E-state index in [0.29, 0.717) is 0 Å². The van der Waals surface area contributed by atoms with Crippen LogP contribution in [0.4, 0.5) is 0 Å². The lowest BCUT2D eigenvalue weighted by atomic mass is 9.97. The van der Waals surface area contributed by atoms with Crippen molar-refractivity contribution in [1.82, 2.24) is 0 Å². The summed E-state index contributed by atoms with van der Waals surface area (Å²) in [6.07, 6.45) is -2.84. The van der Waals surface area contributed by atoms with Gasteiger partial charge in [0.25, 0.3) is 0 Å². The molecule has 9 nitrogen and oxygen atoms in total. The Bertz CT molecular complexity index is 585. The predicted octanol–water partition coefficient (Wildman–Crippen LogP) is -1.06. The molecule has 7 atom stereocenters. The minimum absolute atomic E-state index is 0.0594. The van der Waals surface area contributed by atoms with E-state index in [1.165, 1.54) is 13.2 Å². The molecule has 4 N–H and O–H groups in total. The second-order valence-electron chi connectivity index (χ2n) is 6.61. The van der Waals surface area contributed by atoms with E-state index < -0.39 is 43.6 Å². The van der Waals surface area contributed by atoms with Gasteiger partial charge in [-0.2, -0.15) is 0 Å². The minimum Gasteiger partial charge on any atom is -0.469 e. The number of aliphatic hydroxyl groups excluding tert-OH is 4. The molecule has 3 aliphatic rings. The molecule has 1 fully saturated rings. The molecular weight excluding hydrogens is 348 g/mol. The molecule has 0 radical (unpaired) electrons. The van der Waals surface area contributed by atoms with Gasteiger partial charge >= 0.3 is 5.97 Å². The summed E-state index contributed by atoms with van der Waals surface area (Å²) in [7, 11) is 0. The maximum Gasteiger partial charge on any atom is 0.302 e. The van der Waals surface area contributed by atoms with Crippen molar-refractivity contribution in [3.63, 3.8) is 0 Å². The fourth-order valence-electron chi connectivity index (χ4n) is 3.47. The fraction of sp³-hybridized carbons (Fsp3) is 0.706. The van der Waals surface area contributed by atoms with E-state index in [-0.39, 0.29) is 18.5 Å². The minimum atomic E-state index is -1.53. The van der Waals surface area contributed by atoms with E-state index in [0.717, 1.165) is 24.0 Å². The van der Waals surface area contributed by atoms with E-state index in [1.807, 2.05) is 6.08 Å². The molecule has 0 spiro atoms. The Morgan fingerprint density at radius 3 is 2.73 bits per heavy atom. The summed E-state index contributed by atoms with van der Waals surface area (Å²) in [5.74, 6) is -0.329. The van der Waals surface area contributed by atoms with Gasteiger partial charge in [0.1, 0.15) is 31.0 Å². The molecular formula is C17H24O9. The molecule has 9 heteroatoms. The number of hydrogen-bond donors (Lipinski definition) is 4. The zero-order valence-corrected chi connectivity index (χ0v) is 14.4. The number of aliphatic hydroxyl groups is 4. The highest BCUT2D eigenvalue weighted by Gasteiger charge is 2.46. The molecule has 0 amide bonds. The number of esters is 1. The van der Waals surface area contributed by atoms with Crippen LogP contribution in [0, 0.1) is 5.92 Å². The van der Waals surface area contributed by atoms with Crippen LogP contribution < -0.4 is 0 Å². The molecule has 0 aromatic rings.